The Balaban J connectivity index is 2.79. The Morgan fingerprint density at radius 1 is 1.18 bits per heavy atom. The van der Waals surface area contributed by atoms with Crippen molar-refractivity contribution in [2.24, 2.45) is 9.98 Å². The summed E-state index contributed by atoms with van der Waals surface area (Å²) in [5, 5.41) is 4.53. The molecule has 0 bridgehead atoms. The van der Waals surface area contributed by atoms with E-state index in [9.17, 15) is 4.39 Å². The van der Waals surface area contributed by atoms with E-state index >= 15 is 0 Å². The third-order valence-electron chi connectivity index (χ3n) is 1.86. The average molecular weight is 271 g/mol. The molecule has 0 saturated carbocycles. The number of benzene rings is 1. The second kappa shape index (κ2) is 7.34. The van der Waals surface area contributed by atoms with Crippen LogP contribution in [-0.4, -0.2) is 29.9 Å². The van der Waals surface area contributed by atoms with Crippen molar-refractivity contribution in [3.8, 4) is 0 Å². The molecule has 0 aliphatic heterocycles. The molecule has 1 N–H and O–H groups in total. The van der Waals surface area contributed by atoms with Crippen molar-refractivity contribution in [1.29, 1.82) is 0 Å². The summed E-state index contributed by atoms with van der Waals surface area (Å²) in [5.41, 5.74) is 0.802. The van der Waals surface area contributed by atoms with E-state index in [-0.39, 0.29) is 5.82 Å². The maximum Gasteiger partial charge on any atom is 0.184 e. The molecule has 0 heterocycles. The van der Waals surface area contributed by atoms with Crippen LogP contribution in [0.2, 0.25) is 0 Å². The molecule has 3 nitrogen and oxygen atoms in total. The van der Waals surface area contributed by atoms with Crippen LogP contribution in [0.3, 0.4) is 0 Å². The molecular formula is C11H14FN3S2. The summed E-state index contributed by atoms with van der Waals surface area (Å²) in [7, 11) is 1.70. The molecule has 92 valence electrons. The fourth-order valence-electron chi connectivity index (χ4n) is 1.06. The summed E-state index contributed by atoms with van der Waals surface area (Å²) in [6.45, 7) is 0. The van der Waals surface area contributed by atoms with Crippen LogP contribution < -0.4 is 5.32 Å². The number of rotatable bonds is 1. The van der Waals surface area contributed by atoms with Crippen LogP contribution in [0, 0.1) is 5.82 Å². The highest BCUT2D eigenvalue weighted by Gasteiger charge is 2.01. The minimum Gasteiger partial charge on any atom is -0.335 e. The van der Waals surface area contributed by atoms with E-state index in [1.54, 1.807) is 19.2 Å². The third-order valence-corrected chi connectivity index (χ3v) is 3.08. The first-order chi connectivity index (χ1) is 8.19. The van der Waals surface area contributed by atoms with E-state index in [0.717, 1.165) is 10.9 Å². The Bertz CT molecular complexity index is 415. The van der Waals surface area contributed by atoms with Gasteiger partial charge in [-0.2, -0.15) is 4.99 Å². The second-order valence-corrected chi connectivity index (χ2v) is 4.53. The van der Waals surface area contributed by atoms with E-state index < -0.39 is 0 Å². The summed E-state index contributed by atoms with van der Waals surface area (Å²) in [5.74, 6) is -0.252. The summed E-state index contributed by atoms with van der Waals surface area (Å²) >= 11 is 2.95. The van der Waals surface area contributed by atoms with Crippen molar-refractivity contribution < 1.29 is 4.39 Å². The van der Waals surface area contributed by atoms with Crippen molar-refractivity contribution >= 4 is 39.5 Å². The molecule has 0 aromatic heterocycles. The third kappa shape index (κ3) is 4.79. The molecule has 17 heavy (non-hydrogen) atoms. The van der Waals surface area contributed by atoms with E-state index in [1.807, 2.05) is 12.5 Å². The molecule has 0 amide bonds. The van der Waals surface area contributed by atoms with Gasteiger partial charge in [-0.05, 0) is 36.8 Å². The van der Waals surface area contributed by atoms with Crippen molar-refractivity contribution in [2.75, 3.05) is 24.9 Å². The van der Waals surface area contributed by atoms with E-state index in [2.05, 4.69) is 15.3 Å². The van der Waals surface area contributed by atoms with Crippen LogP contribution in [0.1, 0.15) is 0 Å². The maximum absolute atomic E-state index is 12.7. The number of amidine groups is 2. The number of hydrogen-bond acceptors (Lipinski definition) is 3. The monoisotopic (exact) mass is 271 g/mol. The van der Waals surface area contributed by atoms with E-state index in [4.69, 9.17) is 0 Å². The molecule has 0 saturated heterocycles. The zero-order valence-corrected chi connectivity index (χ0v) is 11.5. The zero-order valence-electron chi connectivity index (χ0n) is 9.90. The average Bonchev–Trinajstić information content (AvgIpc) is 2.37. The summed E-state index contributed by atoms with van der Waals surface area (Å²) in [6.07, 6.45) is 3.84. The van der Waals surface area contributed by atoms with Gasteiger partial charge in [-0.25, -0.2) is 4.39 Å². The number of nitrogens with zero attached hydrogens (tertiary/aromatic N) is 2. The lowest BCUT2D eigenvalue weighted by Gasteiger charge is -2.07. The van der Waals surface area contributed by atoms with Gasteiger partial charge in [0.05, 0.1) is 0 Å². The van der Waals surface area contributed by atoms with Gasteiger partial charge in [0.15, 0.2) is 10.3 Å². The van der Waals surface area contributed by atoms with Gasteiger partial charge in [0.2, 0.25) is 0 Å². The molecule has 1 aromatic rings. The van der Waals surface area contributed by atoms with Crippen LogP contribution in [0.4, 0.5) is 10.1 Å². The number of nitrogens with one attached hydrogen (secondary N) is 1. The van der Waals surface area contributed by atoms with E-state index in [0.29, 0.717) is 5.17 Å². The fourth-order valence-corrected chi connectivity index (χ4v) is 1.88. The van der Waals surface area contributed by atoms with E-state index in [1.165, 1.54) is 35.7 Å². The summed E-state index contributed by atoms with van der Waals surface area (Å²) in [4.78, 5) is 8.37. The quantitative estimate of drug-likeness (QED) is 0.629. The Hall–Kier alpha value is -1.01. The van der Waals surface area contributed by atoms with Crippen LogP contribution in [0.15, 0.2) is 34.3 Å². The standard InChI is InChI=1S/C11H14FN3S2/c1-13-10(16-2)15-11(17-3)14-9-6-4-8(12)5-7-9/h4-7H,1-3H3,(H,13,14,15). The van der Waals surface area contributed by atoms with Gasteiger partial charge in [-0.15, -0.1) is 0 Å². The molecule has 0 atom stereocenters. The highest BCUT2D eigenvalue weighted by atomic mass is 32.2. The van der Waals surface area contributed by atoms with Gasteiger partial charge in [0, 0.05) is 12.7 Å². The Morgan fingerprint density at radius 2 is 1.82 bits per heavy atom. The molecule has 0 radical (unpaired) electrons. The minimum absolute atomic E-state index is 0.252. The van der Waals surface area contributed by atoms with Gasteiger partial charge in [0.25, 0.3) is 0 Å². The maximum atomic E-state index is 12.7. The van der Waals surface area contributed by atoms with Crippen LogP contribution in [0.25, 0.3) is 0 Å². The second-order valence-electron chi connectivity index (χ2n) is 2.96. The Morgan fingerprint density at radius 3 is 2.29 bits per heavy atom. The fraction of sp³-hybridized carbons (Fsp3) is 0.273. The normalized spacial score (nSPS) is 12.7. The van der Waals surface area contributed by atoms with Crippen molar-refractivity contribution in [3.05, 3.63) is 30.1 Å². The van der Waals surface area contributed by atoms with Crippen molar-refractivity contribution in [2.45, 2.75) is 0 Å². The number of anilines is 1. The topological polar surface area (TPSA) is 36.8 Å². The minimum atomic E-state index is -0.252. The highest BCUT2D eigenvalue weighted by molar-refractivity contribution is 8.15. The Labute approximate surface area is 109 Å². The number of halogens is 1. The number of thioether (sulfide) groups is 2. The van der Waals surface area contributed by atoms with Crippen molar-refractivity contribution in [1.82, 2.24) is 0 Å². The first kappa shape index (κ1) is 14.1. The molecule has 1 aromatic carbocycles. The number of hydrogen-bond donors (Lipinski definition) is 1. The molecule has 6 heteroatoms. The van der Waals surface area contributed by atoms with Gasteiger partial charge >= 0.3 is 0 Å². The zero-order chi connectivity index (χ0) is 12.7. The largest absolute Gasteiger partial charge is 0.335 e. The molecule has 0 aliphatic rings. The van der Waals surface area contributed by atoms with Gasteiger partial charge in [0.1, 0.15) is 5.82 Å². The van der Waals surface area contributed by atoms with Gasteiger partial charge in [-0.1, -0.05) is 23.5 Å². The summed E-state index contributed by atoms with van der Waals surface area (Å²) < 4.78 is 12.7. The predicted molar refractivity (Wildman–Crippen MR) is 77.8 cm³/mol. The Kier molecular flexibility index (Phi) is 6.07. The lowest BCUT2D eigenvalue weighted by molar-refractivity contribution is 0.628. The predicted octanol–water partition coefficient (Wildman–Crippen LogP) is 3.31. The lowest BCUT2D eigenvalue weighted by Crippen LogP contribution is -2.09. The smallest absolute Gasteiger partial charge is 0.184 e. The molecule has 0 spiro atoms. The van der Waals surface area contributed by atoms with Crippen LogP contribution >= 0.6 is 23.5 Å². The van der Waals surface area contributed by atoms with Crippen LogP contribution in [0.5, 0.6) is 0 Å². The molecule has 1 rings (SSSR count). The van der Waals surface area contributed by atoms with Gasteiger partial charge in [-0.3, -0.25) is 4.99 Å². The molecular weight excluding hydrogens is 257 g/mol. The lowest BCUT2D eigenvalue weighted by atomic mass is 10.3. The molecule has 0 aliphatic carbocycles. The van der Waals surface area contributed by atoms with Gasteiger partial charge < -0.3 is 5.32 Å². The van der Waals surface area contributed by atoms with Crippen molar-refractivity contribution in [3.63, 3.8) is 0 Å². The first-order valence-corrected chi connectivity index (χ1v) is 7.30. The summed E-state index contributed by atoms with van der Waals surface area (Å²) in [6, 6.07) is 6.15. The SMILES string of the molecule is CN=C(/N=C(/Nc1ccc(F)cc1)SC)SC. The number of aliphatic imine (C=N–C) groups is 2. The molecule has 0 unspecified atom stereocenters. The van der Waals surface area contributed by atoms with Crippen LogP contribution in [-0.2, 0) is 0 Å². The highest BCUT2D eigenvalue weighted by Crippen LogP contribution is 2.12. The first-order valence-electron chi connectivity index (χ1n) is 4.85. The molecule has 0 fully saturated rings.